The average molecular weight is 314 g/mol. The van der Waals surface area contributed by atoms with Gasteiger partial charge in [0, 0.05) is 11.6 Å². The number of nitrogens with one attached hydrogen (secondary N) is 1. The van der Waals surface area contributed by atoms with Gasteiger partial charge in [0.2, 0.25) is 0 Å². The van der Waals surface area contributed by atoms with E-state index < -0.39 is 4.92 Å². The van der Waals surface area contributed by atoms with Crippen molar-refractivity contribution in [3.8, 4) is 0 Å². The van der Waals surface area contributed by atoms with Crippen LogP contribution in [0.1, 0.15) is 25.5 Å². The third-order valence-corrected chi connectivity index (χ3v) is 3.67. The fourth-order valence-electron chi connectivity index (χ4n) is 2.37. The van der Waals surface area contributed by atoms with E-state index in [1.54, 1.807) is 19.1 Å². The number of rotatable bonds is 6. The first-order valence-corrected chi connectivity index (χ1v) is 7.43. The Kier molecular flexibility index (Phi) is 5.43. The maximum absolute atomic E-state index is 12.3. The normalized spacial score (nSPS) is 13.1. The Morgan fingerprint density at radius 3 is 2.35 bits per heavy atom. The number of benzene rings is 2. The molecule has 1 amide bonds. The number of nitrogens with zero attached hydrogens (tertiary/aromatic N) is 1. The third-order valence-electron chi connectivity index (χ3n) is 3.67. The Balaban J connectivity index is 2.02. The topological polar surface area (TPSA) is 88.8 Å². The zero-order valence-corrected chi connectivity index (χ0v) is 13.1. The second-order valence-electron chi connectivity index (χ2n) is 5.44. The summed E-state index contributed by atoms with van der Waals surface area (Å²) < 4.78 is 0. The number of quaternary nitrogens is 1. The van der Waals surface area contributed by atoms with Crippen LogP contribution in [0.3, 0.4) is 0 Å². The molecule has 0 radical (unpaired) electrons. The molecule has 120 valence electrons. The quantitative estimate of drug-likeness (QED) is 0.633. The predicted molar refractivity (Wildman–Crippen MR) is 88.0 cm³/mol. The summed E-state index contributed by atoms with van der Waals surface area (Å²) >= 11 is 0. The van der Waals surface area contributed by atoms with Crippen LogP contribution in [-0.2, 0) is 4.79 Å². The highest BCUT2D eigenvalue weighted by molar-refractivity contribution is 5.95. The average Bonchev–Trinajstić information content (AvgIpc) is 2.55. The maximum atomic E-state index is 12.3. The Morgan fingerprint density at radius 2 is 1.70 bits per heavy atom. The van der Waals surface area contributed by atoms with Crippen LogP contribution in [0, 0.1) is 10.1 Å². The Bertz CT molecular complexity index is 688. The number of anilines is 1. The van der Waals surface area contributed by atoms with Gasteiger partial charge in [0.1, 0.15) is 11.7 Å². The standard InChI is InChI=1S/C17H19N3O3/c1-12(14-8-4-3-5-9-14)18-13(2)17(21)19-15-10-6-7-11-16(15)20(22)23/h3-13,18H,1-2H3,(H,19,21)/p+1/t12-,13-/m1/s1. The minimum Gasteiger partial charge on any atom is -0.330 e. The van der Waals surface area contributed by atoms with Crippen LogP contribution in [0.5, 0.6) is 0 Å². The lowest BCUT2D eigenvalue weighted by Gasteiger charge is -2.16. The Hall–Kier alpha value is -2.73. The van der Waals surface area contributed by atoms with Crippen LogP contribution in [0.4, 0.5) is 11.4 Å². The lowest BCUT2D eigenvalue weighted by Crippen LogP contribution is -2.91. The fourth-order valence-corrected chi connectivity index (χ4v) is 2.37. The molecule has 0 bridgehead atoms. The van der Waals surface area contributed by atoms with Gasteiger partial charge in [-0.3, -0.25) is 14.9 Å². The molecule has 0 aliphatic carbocycles. The molecule has 0 saturated heterocycles. The smallest absolute Gasteiger partial charge is 0.292 e. The van der Waals surface area contributed by atoms with Crippen LogP contribution in [-0.4, -0.2) is 16.9 Å². The van der Waals surface area contributed by atoms with Gasteiger partial charge in [0.15, 0.2) is 6.04 Å². The van der Waals surface area contributed by atoms with Crippen LogP contribution in [0.2, 0.25) is 0 Å². The van der Waals surface area contributed by atoms with Crippen LogP contribution < -0.4 is 10.6 Å². The number of nitrogens with two attached hydrogens (primary N) is 1. The molecule has 2 atom stereocenters. The SMILES string of the molecule is C[C@@H]([NH2+][C@H](C)c1ccccc1)C(=O)Nc1ccccc1[N+](=O)[O-]. The molecule has 2 rings (SSSR count). The molecule has 6 heteroatoms. The zero-order valence-electron chi connectivity index (χ0n) is 13.1. The van der Waals surface area contributed by atoms with Gasteiger partial charge in [-0.15, -0.1) is 0 Å². The third kappa shape index (κ3) is 4.37. The molecule has 0 saturated carbocycles. The summed E-state index contributed by atoms with van der Waals surface area (Å²) in [7, 11) is 0. The van der Waals surface area contributed by atoms with Crippen molar-refractivity contribution in [2.75, 3.05) is 5.32 Å². The summed E-state index contributed by atoms with van der Waals surface area (Å²) in [5.74, 6) is -0.262. The summed E-state index contributed by atoms with van der Waals surface area (Å²) in [6, 6.07) is 15.7. The molecule has 23 heavy (non-hydrogen) atoms. The van der Waals surface area contributed by atoms with Gasteiger partial charge >= 0.3 is 0 Å². The van der Waals surface area contributed by atoms with E-state index in [-0.39, 0.29) is 29.4 Å². The Labute approximate surface area is 134 Å². The van der Waals surface area contributed by atoms with Gasteiger partial charge in [-0.1, -0.05) is 42.5 Å². The largest absolute Gasteiger partial charge is 0.330 e. The molecule has 3 N–H and O–H groups in total. The predicted octanol–water partition coefficient (Wildman–Crippen LogP) is 2.25. The minimum absolute atomic E-state index is 0.107. The van der Waals surface area contributed by atoms with Gasteiger partial charge in [-0.25, -0.2) is 0 Å². The van der Waals surface area contributed by atoms with Gasteiger partial charge in [0.25, 0.3) is 11.6 Å². The highest BCUT2D eigenvalue weighted by Gasteiger charge is 2.23. The number of amides is 1. The molecule has 0 aliphatic heterocycles. The summed E-state index contributed by atoms with van der Waals surface area (Å²) in [6.45, 7) is 3.80. The van der Waals surface area contributed by atoms with Crippen molar-refractivity contribution in [2.45, 2.75) is 25.9 Å². The molecule has 0 heterocycles. The first-order valence-electron chi connectivity index (χ1n) is 7.43. The molecular formula is C17H20N3O3+. The van der Waals surface area contributed by atoms with Crippen molar-refractivity contribution in [1.82, 2.24) is 0 Å². The van der Waals surface area contributed by atoms with Crippen LogP contribution >= 0.6 is 0 Å². The Morgan fingerprint density at radius 1 is 1.09 bits per heavy atom. The van der Waals surface area contributed by atoms with E-state index in [1.807, 2.05) is 42.6 Å². The second kappa shape index (κ2) is 7.51. The van der Waals surface area contributed by atoms with E-state index >= 15 is 0 Å². The van der Waals surface area contributed by atoms with Crippen molar-refractivity contribution in [1.29, 1.82) is 0 Å². The summed E-state index contributed by atoms with van der Waals surface area (Å²) in [6.07, 6.45) is 0. The van der Waals surface area contributed by atoms with E-state index in [2.05, 4.69) is 5.32 Å². The molecule has 0 aromatic heterocycles. The molecule has 2 aromatic carbocycles. The lowest BCUT2D eigenvalue weighted by molar-refractivity contribution is -0.709. The number of hydrogen-bond donors (Lipinski definition) is 2. The van der Waals surface area contributed by atoms with E-state index in [0.717, 1.165) is 5.56 Å². The summed E-state index contributed by atoms with van der Waals surface area (Å²) in [4.78, 5) is 22.8. The number of nitro groups is 1. The molecular weight excluding hydrogens is 294 g/mol. The molecule has 0 aliphatic rings. The lowest BCUT2D eigenvalue weighted by atomic mass is 10.1. The van der Waals surface area contributed by atoms with Gasteiger partial charge in [-0.2, -0.15) is 0 Å². The van der Waals surface area contributed by atoms with E-state index in [1.165, 1.54) is 12.1 Å². The van der Waals surface area contributed by atoms with Crippen molar-refractivity contribution in [3.63, 3.8) is 0 Å². The summed E-state index contributed by atoms with van der Waals surface area (Å²) in [5, 5.41) is 15.5. The fraction of sp³-hybridized carbons (Fsp3) is 0.235. The monoisotopic (exact) mass is 314 g/mol. The molecule has 6 nitrogen and oxygen atoms in total. The first-order chi connectivity index (χ1) is 11.0. The van der Waals surface area contributed by atoms with E-state index in [9.17, 15) is 14.9 Å². The van der Waals surface area contributed by atoms with Crippen molar-refractivity contribution in [2.24, 2.45) is 0 Å². The van der Waals surface area contributed by atoms with Gasteiger partial charge in [0.05, 0.1) is 4.92 Å². The van der Waals surface area contributed by atoms with Gasteiger partial charge in [-0.05, 0) is 19.9 Å². The highest BCUT2D eigenvalue weighted by Crippen LogP contribution is 2.23. The van der Waals surface area contributed by atoms with Crippen molar-refractivity contribution < 1.29 is 15.0 Å². The zero-order chi connectivity index (χ0) is 16.8. The number of hydrogen-bond acceptors (Lipinski definition) is 3. The maximum Gasteiger partial charge on any atom is 0.292 e. The molecule has 2 aromatic rings. The highest BCUT2D eigenvalue weighted by atomic mass is 16.6. The molecule has 0 fully saturated rings. The number of nitro benzene ring substituents is 1. The number of carbonyl (C=O) groups is 1. The summed E-state index contributed by atoms with van der Waals surface area (Å²) in [5.41, 5.74) is 1.23. The first kappa shape index (κ1) is 16.6. The second-order valence-corrected chi connectivity index (χ2v) is 5.44. The minimum atomic E-state index is -0.503. The number of carbonyl (C=O) groups excluding carboxylic acids is 1. The van der Waals surface area contributed by atoms with Crippen molar-refractivity contribution >= 4 is 17.3 Å². The molecule has 0 unspecified atom stereocenters. The van der Waals surface area contributed by atoms with E-state index in [4.69, 9.17) is 0 Å². The van der Waals surface area contributed by atoms with E-state index in [0.29, 0.717) is 0 Å². The number of para-hydroxylation sites is 2. The van der Waals surface area contributed by atoms with Crippen LogP contribution in [0.15, 0.2) is 54.6 Å². The van der Waals surface area contributed by atoms with Crippen molar-refractivity contribution in [3.05, 3.63) is 70.3 Å². The molecule has 0 spiro atoms. The van der Waals surface area contributed by atoms with Crippen LogP contribution in [0.25, 0.3) is 0 Å². The van der Waals surface area contributed by atoms with Gasteiger partial charge < -0.3 is 10.6 Å².